The second-order valence-electron chi connectivity index (χ2n) is 6.65. The highest BCUT2D eigenvalue weighted by molar-refractivity contribution is 7.89. The van der Waals surface area contributed by atoms with Crippen LogP contribution in [0.15, 0.2) is 83.8 Å². The molecule has 0 saturated heterocycles. The van der Waals surface area contributed by atoms with E-state index in [4.69, 9.17) is 9.47 Å². The van der Waals surface area contributed by atoms with E-state index in [1.165, 1.54) is 19.2 Å². The number of carbonyl (C=O) groups is 1. The molecule has 1 amide bonds. The van der Waals surface area contributed by atoms with Crippen LogP contribution in [0, 0.1) is 0 Å². The van der Waals surface area contributed by atoms with E-state index in [0.29, 0.717) is 29.5 Å². The first-order valence-electron chi connectivity index (χ1n) is 9.70. The number of anilines is 1. The number of ether oxygens (including phenoxy) is 2. The van der Waals surface area contributed by atoms with Crippen molar-refractivity contribution in [2.24, 2.45) is 0 Å². The van der Waals surface area contributed by atoms with Gasteiger partial charge in [0.05, 0.1) is 18.0 Å². The quantitative estimate of drug-likeness (QED) is 0.541. The number of rotatable bonds is 9. The zero-order valence-electron chi connectivity index (χ0n) is 17.3. The number of nitrogens with zero attached hydrogens (tertiary/aromatic N) is 1. The lowest BCUT2D eigenvalue weighted by atomic mass is 10.3. The predicted molar refractivity (Wildman–Crippen MR) is 119 cm³/mol. The largest absolute Gasteiger partial charge is 0.494 e. The van der Waals surface area contributed by atoms with Crippen molar-refractivity contribution < 1.29 is 22.7 Å². The van der Waals surface area contributed by atoms with Gasteiger partial charge in [0.1, 0.15) is 17.2 Å². The molecule has 31 heavy (non-hydrogen) atoms. The maximum Gasteiger partial charge on any atom is 0.243 e. The molecule has 0 atom stereocenters. The molecule has 0 aliphatic rings. The van der Waals surface area contributed by atoms with E-state index in [2.05, 4.69) is 5.32 Å². The molecule has 3 aromatic carbocycles. The Morgan fingerprint density at radius 1 is 0.871 bits per heavy atom. The molecule has 3 aromatic rings. The minimum atomic E-state index is -3.80. The maximum atomic E-state index is 12.7. The van der Waals surface area contributed by atoms with Gasteiger partial charge in [0.25, 0.3) is 0 Å². The van der Waals surface area contributed by atoms with Crippen molar-refractivity contribution >= 4 is 21.6 Å². The Hall–Kier alpha value is -3.36. The third-order valence-corrected chi connectivity index (χ3v) is 6.14. The highest BCUT2D eigenvalue weighted by atomic mass is 32.2. The number of likely N-dealkylation sites (N-methyl/N-ethyl adjacent to an activating group) is 1. The topological polar surface area (TPSA) is 84.9 Å². The van der Waals surface area contributed by atoms with Crippen LogP contribution in [0.4, 0.5) is 5.69 Å². The maximum absolute atomic E-state index is 12.7. The number of nitrogens with one attached hydrogen (secondary N) is 1. The molecule has 0 heterocycles. The summed E-state index contributed by atoms with van der Waals surface area (Å²) in [6, 6.07) is 22.3. The SMILES string of the molecule is CCOc1ccc(S(=O)(=O)N(C)CC(=O)Nc2ccc(Oc3ccccc3)cc2)cc1. The summed E-state index contributed by atoms with van der Waals surface area (Å²) in [4.78, 5) is 12.4. The Bertz CT molecular complexity index is 1100. The van der Waals surface area contributed by atoms with Gasteiger partial charge in [-0.2, -0.15) is 4.31 Å². The summed E-state index contributed by atoms with van der Waals surface area (Å²) in [5, 5.41) is 2.69. The van der Waals surface area contributed by atoms with Crippen LogP contribution >= 0.6 is 0 Å². The zero-order chi connectivity index (χ0) is 22.3. The fourth-order valence-electron chi connectivity index (χ4n) is 2.77. The first-order chi connectivity index (χ1) is 14.9. The van der Waals surface area contributed by atoms with Crippen molar-refractivity contribution in [3.8, 4) is 17.2 Å². The summed E-state index contributed by atoms with van der Waals surface area (Å²) in [6.45, 7) is 2.02. The van der Waals surface area contributed by atoms with Crippen LogP contribution in [0.3, 0.4) is 0 Å². The Kier molecular flexibility index (Phi) is 7.28. The molecule has 0 aromatic heterocycles. The van der Waals surface area contributed by atoms with Crippen molar-refractivity contribution in [3.63, 3.8) is 0 Å². The normalized spacial score (nSPS) is 11.2. The van der Waals surface area contributed by atoms with Gasteiger partial charge in [0.2, 0.25) is 15.9 Å². The first-order valence-corrected chi connectivity index (χ1v) is 11.1. The molecule has 162 valence electrons. The van der Waals surface area contributed by atoms with Crippen molar-refractivity contribution in [1.29, 1.82) is 0 Å². The van der Waals surface area contributed by atoms with Gasteiger partial charge in [-0.1, -0.05) is 18.2 Å². The smallest absolute Gasteiger partial charge is 0.243 e. The Balaban J connectivity index is 1.58. The molecule has 0 fully saturated rings. The lowest BCUT2D eigenvalue weighted by Gasteiger charge is -2.17. The summed E-state index contributed by atoms with van der Waals surface area (Å²) < 4.78 is 37.4. The number of hydrogen-bond donors (Lipinski definition) is 1. The molecule has 0 saturated carbocycles. The summed E-state index contributed by atoms with van der Waals surface area (Å²) in [6.07, 6.45) is 0. The van der Waals surface area contributed by atoms with Crippen LogP contribution in [0.5, 0.6) is 17.2 Å². The second-order valence-corrected chi connectivity index (χ2v) is 8.70. The van der Waals surface area contributed by atoms with Crippen LogP contribution in [-0.4, -0.2) is 38.8 Å². The monoisotopic (exact) mass is 440 g/mol. The van der Waals surface area contributed by atoms with Gasteiger partial charge in [-0.15, -0.1) is 0 Å². The predicted octanol–water partition coefficient (Wildman–Crippen LogP) is 4.14. The third kappa shape index (κ3) is 6.07. The Morgan fingerprint density at radius 2 is 1.45 bits per heavy atom. The molecule has 7 nitrogen and oxygen atoms in total. The fraction of sp³-hybridized carbons (Fsp3) is 0.174. The molecular formula is C23H24N2O5S. The molecule has 0 aliphatic heterocycles. The standard InChI is InChI=1S/C23H24N2O5S/c1-3-29-19-13-15-22(16-14-19)31(27,28)25(2)17-23(26)24-18-9-11-21(12-10-18)30-20-7-5-4-6-8-20/h4-16H,3,17H2,1-2H3,(H,24,26). The fourth-order valence-corrected chi connectivity index (χ4v) is 3.90. The molecule has 3 rings (SSSR count). The minimum Gasteiger partial charge on any atom is -0.494 e. The van der Waals surface area contributed by atoms with E-state index in [1.54, 1.807) is 36.4 Å². The van der Waals surface area contributed by atoms with Crippen molar-refractivity contribution in [2.45, 2.75) is 11.8 Å². The molecule has 0 aliphatic carbocycles. The lowest BCUT2D eigenvalue weighted by Crippen LogP contribution is -2.34. The number of hydrogen-bond acceptors (Lipinski definition) is 5. The van der Waals surface area contributed by atoms with Gasteiger partial charge in [-0.05, 0) is 67.6 Å². The van der Waals surface area contributed by atoms with Crippen LogP contribution in [-0.2, 0) is 14.8 Å². The Morgan fingerprint density at radius 3 is 2.06 bits per heavy atom. The van der Waals surface area contributed by atoms with E-state index in [0.717, 1.165) is 4.31 Å². The molecule has 0 spiro atoms. The number of amides is 1. The highest BCUT2D eigenvalue weighted by Crippen LogP contribution is 2.23. The second kappa shape index (κ2) is 10.1. The molecular weight excluding hydrogens is 416 g/mol. The van der Waals surface area contributed by atoms with Crippen molar-refractivity contribution in [3.05, 3.63) is 78.9 Å². The summed E-state index contributed by atoms with van der Waals surface area (Å²) in [5.74, 6) is 1.47. The number of carbonyl (C=O) groups excluding carboxylic acids is 1. The molecule has 8 heteroatoms. The van der Waals surface area contributed by atoms with E-state index in [1.807, 2.05) is 37.3 Å². The summed E-state index contributed by atoms with van der Waals surface area (Å²) >= 11 is 0. The van der Waals surface area contributed by atoms with Crippen LogP contribution in [0.25, 0.3) is 0 Å². The molecule has 0 radical (unpaired) electrons. The molecule has 1 N–H and O–H groups in total. The van der Waals surface area contributed by atoms with Crippen LogP contribution < -0.4 is 14.8 Å². The summed E-state index contributed by atoms with van der Waals surface area (Å²) in [5.41, 5.74) is 0.539. The number of para-hydroxylation sites is 1. The van der Waals surface area contributed by atoms with Crippen molar-refractivity contribution in [1.82, 2.24) is 4.31 Å². The first kappa shape index (κ1) is 22.3. The number of sulfonamides is 1. The van der Waals surface area contributed by atoms with Crippen molar-refractivity contribution in [2.75, 3.05) is 25.5 Å². The zero-order valence-corrected chi connectivity index (χ0v) is 18.1. The van der Waals surface area contributed by atoms with Gasteiger partial charge in [0, 0.05) is 12.7 Å². The average Bonchev–Trinajstić information content (AvgIpc) is 2.76. The van der Waals surface area contributed by atoms with Gasteiger partial charge >= 0.3 is 0 Å². The average molecular weight is 441 g/mol. The molecule has 0 bridgehead atoms. The summed E-state index contributed by atoms with van der Waals surface area (Å²) in [7, 11) is -2.44. The van der Waals surface area contributed by atoms with E-state index in [-0.39, 0.29) is 11.4 Å². The van der Waals surface area contributed by atoms with Gasteiger partial charge in [-0.25, -0.2) is 8.42 Å². The number of benzene rings is 3. The van der Waals surface area contributed by atoms with Crippen LogP contribution in [0.2, 0.25) is 0 Å². The van der Waals surface area contributed by atoms with E-state index < -0.39 is 15.9 Å². The molecule has 0 unspecified atom stereocenters. The third-order valence-electron chi connectivity index (χ3n) is 4.33. The van der Waals surface area contributed by atoms with Gasteiger partial charge < -0.3 is 14.8 Å². The Labute approximate surface area is 182 Å². The van der Waals surface area contributed by atoms with Gasteiger partial charge in [0.15, 0.2) is 0 Å². The highest BCUT2D eigenvalue weighted by Gasteiger charge is 2.23. The van der Waals surface area contributed by atoms with E-state index >= 15 is 0 Å². The lowest BCUT2D eigenvalue weighted by molar-refractivity contribution is -0.116. The van der Waals surface area contributed by atoms with E-state index in [9.17, 15) is 13.2 Å². The van der Waals surface area contributed by atoms with Crippen LogP contribution in [0.1, 0.15) is 6.92 Å². The van der Waals surface area contributed by atoms with Gasteiger partial charge in [-0.3, -0.25) is 4.79 Å². The minimum absolute atomic E-state index is 0.0914.